The van der Waals surface area contributed by atoms with Gasteiger partial charge in [-0.2, -0.15) is 0 Å². The summed E-state index contributed by atoms with van der Waals surface area (Å²) in [7, 11) is 1.51. The van der Waals surface area contributed by atoms with E-state index in [9.17, 15) is 9.59 Å². The Morgan fingerprint density at radius 2 is 2.00 bits per heavy atom. The highest BCUT2D eigenvalue weighted by atomic mass is 32.1. The molecule has 7 nitrogen and oxygen atoms in total. The number of hydrogen-bond donors (Lipinski definition) is 1. The largest absolute Gasteiger partial charge is 0.481 e. The van der Waals surface area contributed by atoms with E-state index in [0.29, 0.717) is 16.5 Å². The summed E-state index contributed by atoms with van der Waals surface area (Å²) in [6, 6.07) is 3.28. The highest BCUT2D eigenvalue weighted by molar-refractivity contribution is 7.15. The van der Waals surface area contributed by atoms with Gasteiger partial charge in [-0.1, -0.05) is 20.8 Å². The lowest BCUT2D eigenvalue weighted by atomic mass is 9.93. The molecule has 1 N–H and O–H groups in total. The van der Waals surface area contributed by atoms with Crippen LogP contribution in [0.4, 0.5) is 5.69 Å². The van der Waals surface area contributed by atoms with Crippen LogP contribution < -0.4 is 15.6 Å². The van der Waals surface area contributed by atoms with Gasteiger partial charge in [-0.05, 0) is 6.07 Å². The second-order valence-electron chi connectivity index (χ2n) is 6.51. The summed E-state index contributed by atoms with van der Waals surface area (Å²) in [5, 5.41) is 4.56. The normalized spacial score (nSPS) is 11.5. The van der Waals surface area contributed by atoms with Crippen LogP contribution in [0.15, 0.2) is 34.7 Å². The molecule has 0 fully saturated rings. The predicted octanol–water partition coefficient (Wildman–Crippen LogP) is 2.71. The number of carbonyl (C=O) groups excluding carboxylic acids is 1. The highest BCUT2D eigenvalue weighted by Gasteiger charge is 2.23. The van der Waals surface area contributed by atoms with E-state index in [1.165, 1.54) is 35.2 Å². The zero-order valence-electron chi connectivity index (χ0n) is 14.4. The number of nitrogens with one attached hydrogen (secondary N) is 1. The summed E-state index contributed by atoms with van der Waals surface area (Å²) >= 11 is 1.38. The first-order chi connectivity index (χ1) is 11.8. The molecular weight excluding hydrogens is 340 g/mol. The number of rotatable bonds is 3. The Morgan fingerprint density at radius 3 is 2.60 bits per heavy atom. The topological polar surface area (TPSA) is 85.6 Å². The van der Waals surface area contributed by atoms with E-state index in [1.807, 2.05) is 26.2 Å². The van der Waals surface area contributed by atoms with Crippen molar-refractivity contribution in [2.24, 2.45) is 0 Å². The number of anilines is 1. The average Bonchev–Trinajstić information content (AvgIpc) is 3.01. The second kappa shape index (κ2) is 6.29. The number of ether oxygens (including phenoxy) is 1. The molecule has 0 aliphatic heterocycles. The number of carbonyl (C=O) groups is 1. The van der Waals surface area contributed by atoms with Gasteiger partial charge in [0.25, 0.3) is 11.5 Å². The van der Waals surface area contributed by atoms with Gasteiger partial charge in [-0.25, -0.2) is 9.97 Å². The maximum atomic E-state index is 12.8. The van der Waals surface area contributed by atoms with E-state index in [0.717, 1.165) is 5.69 Å². The molecule has 0 aromatic carbocycles. The van der Waals surface area contributed by atoms with Crippen LogP contribution in [0.2, 0.25) is 0 Å². The van der Waals surface area contributed by atoms with Crippen molar-refractivity contribution in [1.29, 1.82) is 0 Å². The summed E-state index contributed by atoms with van der Waals surface area (Å²) in [5.74, 6) is -0.0841. The van der Waals surface area contributed by atoms with Gasteiger partial charge in [0.05, 0.1) is 19.0 Å². The van der Waals surface area contributed by atoms with Gasteiger partial charge in [0, 0.05) is 28.8 Å². The number of amides is 1. The Labute approximate surface area is 148 Å². The quantitative estimate of drug-likeness (QED) is 0.778. The third-order valence-corrected chi connectivity index (χ3v) is 4.50. The van der Waals surface area contributed by atoms with Crippen LogP contribution in [0.3, 0.4) is 0 Å². The number of thiazole rings is 1. The Balaban J connectivity index is 1.99. The van der Waals surface area contributed by atoms with E-state index in [1.54, 1.807) is 12.1 Å². The zero-order valence-corrected chi connectivity index (χ0v) is 15.2. The van der Waals surface area contributed by atoms with Gasteiger partial charge >= 0.3 is 0 Å². The number of hydrogen-bond acceptors (Lipinski definition) is 6. The Morgan fingerprint density at radius 1 is 1.24 bits per heavy atom. The maximum Gasteiger partial charge on any atom is 0.271 e. The van der Waals surface area contributed by atoms with Crippen molar-refractivity contribution in [2.45, 2.75) is 26.2 Å². The van der Waals surface area contributed by atoms with Crippen LogP contribution in [0.25, 0.3) is 4.96 Å². The Bertz CT molecular complexity index is 984. The lowest BCUT2D eigenvalue weighted by molar-refractivity contribution is 0.102. The molecule has 25 heavy (non-hydrogen) atoms. The first kappa shape index (κ1) is 17.1. The fourth-order valence-electron chi connectivity index (χ4n) is 2.34. The first-order valence-corrected chi connectivity index (χ1v) is 8.50. The third-order valence-electron chi connectivity index (χ3n) is 3.66. The van der Waals surface area contributed by atoms with Crippen LogP contribution in [0.1, 0.15) is 36.8 Å². The number of methoxy groups -OCH3 is 1. The van der Waals surface area contributed by atoms with Gasteiger partial charge in [0.1, 0.15) is 5.56 Å². The van der Waals surface area contributed by atoms with Gasteiger partial charge in [0.2, 0.25) is 5.88 Å². The van der Waals surface area contributed by atoms with Crippen LogP contribution >= 0.6 is 11.3 Å². The SMILES string of the molecule is COc1ccc(NC(=O)c2cnc3scc(C(C)(C)C)n3c2=O)cn1. The molecular formula is C17H18N4O3S. The smallest absolute Gasteiger partial charge is 0.271 e. The molecule has 0 saturated heterocycles. The van der Waals surface area contributed by atoms with Gasteiger partial charge in [-0.3, -0.25) is 14.0 Å². The Kier molecular flexibility index (Phi) is 4.30. The summed E-state index contributed by atoms with van der Waals surface area (Å²) in [4.78, 5) is 34.2. The number of aromatic nitrogens is 3. The molecule has 3 aromatic heterocycles. The van der Waals surface area contributed by atoms with E-state index in [-0.39, 0.29) is 16.5 Å². The molecule has 130 valence electrons. The standard InChI is InChI=1S/C17H18N4O3S/c1-17(2,3)12-9-25-16-19-8-11(15(23)21(12)16)14(22)20-10-5-6-13(24-4)18-7-10/h5-9H,1-4H3,(H,20,22). The average molecular weight is 358 g/mol. The molecule has 0 unspecified atom stereocenters. The number of pyridine rings is 1. The van der Waals surface area contributed by atoms with Crippen molar-refractivity contribution < 1.29 is 9.53 Å². The van der Waals surface area contributed by atoms with Gasteiger partial charge in [-0.15, -0.1) is 11.3 Å². The molecule has 0 spiro atoms. The summed E-state index contributed by atoms with van der Waals surface area (Å²) in [5.41, 5.74) is 0.661. The molecule has 8 heteroatoms. The van der Waals surface area contributed by atoms with Gasteiger partial charge < -0.3 is 10.1 Å². The summed E-state index contributed by atoms with van der Waals surface area (Å²) in [6.45, 7) is 6.03. The molecule has 3 heterocycles. The Hall–Kier alpha value is -2.74. The first-order valence-electron chi connectivity index (χ1n) is 7.62. The molecule has 3 aromatic rings. The van der Waals surface area contributed by atoms with Crippen molar-refractivity contribution in [3.63, 3.8) is 0 Å². The molecule has 3 rings (SSSR count). The number of nitrogens with zero attached hydrogens (tertiary/aromatic N) is 3. The van der Waals surface area contributed by atoms with E-state index in [2.05, 4.69) is 15.3 Å². The van der Waals surface area contributed by atoms with Crippen LogP contribution in [-0.4, -0.2) is 27.4 Å². The van der Waals surface area contributed by atoms with E-state index >= 15 is 0 Å². The fourth-order valence-corrected chi connectivity index (χ4v) is 3.41. The molecule has 0 bridgehead atoms. The zero-order chi connectivity index (χ0) is 18.2. The third kappa shape index (κ3) is 3.25. The van der Waals surface area contributed by atoms with Crippen LogP contribution in [0.5, 0.6) is 5.88 Å². The minimum absolute atomic E-state index is 0.0165. The van der Waals surface area contributed by atoms with Crippen molar-refractivity contribution in [1.82, 2.24) is 14.4 Å². The molecule has 0 radical (unpaired) electrons. The van der Waals surface area contributed by atoms with Gasteiger partial charge in [0.15, 0.2) is 4.96 Å². The summed E-state index contributed by atoms with van der Waals surface area (Å²) in [6.07, 6.45) is 2.78. The summed E-state index contributed by atoms with van der Waals surface area (Å²) < 4.78 is 6.48. The van der Waals surface area contributed by atoms with Crippen molar-refractivity contribution in [3.8, 4) is 5.88 Å². The van der Waals surface area contributed by atoms with E-state index < -0.39 is 5.91 Å². The van der Waals surface area contributed by atoms with Crippen molar-refractivity contribution in [2.75, 3.05) is 12.4 Å². The lowest BCUT2D eigenvalue weighted by Crippen LogP contribution is -2.29. The second-order valence-corrected chi connectivity index (χ2v) is 7.35. The van der Waals surface area contributed by atoms with Crippen molar-refractivity contribution in [3.05, 3.63) is 51.5 Å². The lowest BCUT2D eigenvalue weighted by Gasteiger charge is -2.17. The number of fused-ring (bicyclic) bond motifs is 1. The molecule has 0 saturated carbocycles. The predicted molar refractivity (Wildman–Crippen MR) is 96.8 cm³/mol. The van der Waals surface area contributed by atoms with Crippen molar-refractivity contribution >= 4 is 27.9 Å². The molecule has 0 aliphatic carbocycles. The monoisotopic (exact) mass is 358 g/mol. The molecule has 1 amide bonds. The highest BCUT2D eigenvalue weighted by Crippen LogP contribution is 2.25. The minimum Gasteiger partial charge on any atom is -0.481 e. The maximum absolute atomic E-state index is 12.8. The molecule has 0 atom stereocenters. The molecule has 0 aliphatic rings. The van der Waals surface area contributed by atoms with E-state index in [4.69, 9.17) is 4.74 Å². The fraction of sp³-hybridized carbons (Fsp3) is 0.294. The van der Waals surface area contributed by atoms with Crippen LogP contribution in [0, 0.1) is 0 Å². The van der Waals surface area contributed by atoms with Crippen LogP contribution in [-0.2, 0) is 5.41 Å². The minimum atomic E-state index is -0.523.